The Labute approximate surface area is 92.6 Å². The van der Waals surface area contributed by atoms with E-state index >= 15 is 0 Å². The van der Waals surface area contributed by atoms with Gasteiger partial charge in [-0.15, -0.1) is 0 Å². The Balaban J connectivity index is 2.08. The van der Waals surface area contributed by atoms with E-state index in [4.69, 9.17) is 0 Å². The summed E-state index contributed by atoms with van der Waals surface area (Å²) in [6.07, 6.45) is 2.83. The van der Waals surface area contributed by atoms with Crippen molar-refractivity contribution >= 4 is 18.2 Å². The van der Waals surface area contributed by atoms with Gasteiger partial charge < -0.3 is 4.79 Å². The molecule has 80 valence electrons. The van der Waals surface area contributed by atoms with Crippen LogP contribution in [0.4, 0.5) is 4.39 Å². The van der Waals surface area contributed by atoms with Crippen molar-refractivity contribution in [1.82, 2.24) is 4.31 Å². The highest BCUT2D eigenvalue weighted by Crippen LogP contribution is 2.31. The number of benzene rings is 1. The predicted molar refractivity (Wildman–Crippen MR) is 58.0 cm³/mol. The van der Waals surface area contributed by atoms with E-state index in [1.165, 1.54) is 18.0 Å². The summed E-state index contributed by atoms with van der Waals surface area (Å²) in [6.45, 7) is 0.850. The first-order valence-electron chi connectivity index (χ1n) is 4.95. The Hall–Kier alpha value is -0.870. The summed E-state index contributed by atoms with van der Waals surface area (Å²) in [5, 5.41) is 0. The first kappa shape index (κ1) is 10.6. The molecule has 0 bridgehead atoms. The third-order valence-electron chi connectivity index (χ3n) is 2.46. The lowest BCUT2D eigenvalue weighted by Gasteiger charge is -2.18. The zero-order valence-electron chi connectivity index (χ0n) is 8.23. The largest absolute Gasteiger partial charge is 0.302 e. The van der Waals surface area contributed by atoms with E-state index in [1.54, 1.807) is 18.2 Å². The fourth-order valence-corrected chi connectivity index (χ4v) is 2.72. The molecule has 1 saturated heterocycles. The molecule has 0 aliphatic carbocycles. The molecule has 1 atom stereocenters. The monoisotopic (exact) mass is 225 g/mol. The number of rotatable bonds is 3. The second kappa shape index (κ2) is 4.77. The summed E-state index contributed by atoms with van der Waals surface area (Å²) in [4.78, 5) is 11.3. The van der Waals surface area contributed by atoms with Gasteiger partial charge in [0.2, 0.25) is 0 Å². The first-order chi connectivity index (χ1) is 7.31. The average molecular weight is 225 g/mol. The van der Waals surface area contributed by atoms with Gasteiger partial charge in [-0.2, -0.15) is 0 Å². The SMILES string of the molecule is O=CC1CCCN1Sc1ccccc1F. The molecule has 0 amide bonds. The van der Waals surface area contributed by atoms with Gasteiger partial charge in [0.05, 0.1) is 10.9 Å². The van der Waals surface area contributed by atoms with Crippen LogP contribution in [0.1, 0.15) is 12.8 Å². The molecule has 0 aromatic heterocycles. The van der Waals surface area contributed by atoms with Crippen LogP contribution in [0.5, 0.6) is 0 Å². The molecular formula is C11H12FNOS. The third-order valence-corrected chi connectivity index (χ3v) is 3.67. The van der Waals surface area contributed by atoms with Gasteiger partial charge in [0, 0.05) is 6.54 Å². The molecule has 1 aromatic carbocycles. The van der Waals surface area contributed by atoms with Gasteiger partial charge in [-0.1, -0.05) is 12.1 Å². The zero-order valence-corrected chi connectivity index (χ0v) is 9.04. The van der Waals surface area contributed by atoms with Crippen molar-refractivity contribution in [3.8, 4) is 0 Å². The van der Waals surface area contributed by atoms with Crippen LogP contribution in [-0.4, -0.2) is 23.2 Å². The molecule has 2 rings (SSSR count). The maximum Gasteiger partial charge on any atom is 0.138 e. The Kier molecular flexibility index (Phi) is 3.38. The smallest absolute Gasteiger partial charge is 0.138 e. The summed E-state index contributed by atoms with van der Waals surface area (Å²) in [6, 6.07) is 6.58. The van der Waals surface area contributed by atoms with E-state index < -0.39 is 0 Å². The number of hydrogen-bond acceptors (Lipinski definition) is 3. The maximum absolute atomic E-state index is 13.3. The second-order valence-electron chi connectivity index (χ2n) is 3.51. The lowest BCUT2D eigenvalue weighted by molar-refractivity contribution is -0.110. The molecule has 0 saturated carbocycles. The van der Waals surface area contributed by atoms with Gasteiger partial charge in [0.15, 0.2) is 0 Å². The van der Waals surface area contributed by atoms with Gasteiger partial charge >= 0.3 is 0 Å². The average Bonchev–Trinajstić information content (AvgIpc) is 2.69. The van der Waals surface area contributed by atoms with Crippen LogP contribution in [0, 0.1) is 5.82 Å². The highest BCUT2D eigenvalue weighted by molar-refractivity contribution is 7.97. The quantitative estimate of drug-likeness (QED) is 0.582. The summed E-state index contributed by atoms with van der Waals surface area (Å²) in [7, 11) is 0. The lowest BCUT2D eigenvalue weighted by atomic mass is 10.2. The second-order valence-corrected chi connectivity index (χ2v) is 4.60. The van der Waals surface area contributed by atoms with Crippen molar-refractivity contribution < 1.29 is 9.18 Å². The summed E-state index contributed by atoms with van der Waals surface area (Å²) in [5.74, 6) is -0.223. The molecule has 1 fully saturated rings. The Morgan fingerprint density at radius 1 is 1.47 bits per heavy atom. The van der Waals surface area contributed by atoms with Crippen LogP contribution in [0.3, 0.4) is 0 Å². The molecule has 1 heterocycles. The van der Waals surface area contributed by atoms with Gasteiger partial charge in [-0.3, -0.25) is 0 Å². The molecule has 1 aliphatic heterocycles. The zero-order chi connectivity index (χ0) is 10.7. The maximum atomic E-state index is 13.3. The van der Waals surface area contributed by atoms with E-state index in [1.807, 2.05) is 4.31 Å². The number of aldehydes is 1. The third kappa shape index (κ3) is 2.38. The fraction of sp³-hybridized carbons (Fsp3) is 0.364. The Bertz CT molecular complexity index is 358. The standard InChI is InChI=1S/C11H12FNOS/c12-10-5-1-2-6-11(10)15-13-7-3-4-9(13)8-14/h1-2,5-6,8-9H,3-4,7H2. The molecule has 15 heavy (non-hydrogen) atoms. The highest BCUT2D eigenvalue weighted by atomic mass is 32.2. The van der Waals surface area contributed by atoms with Crippen molar-refractivity contribution in [3.05, 3.63) is 30.1 Å². The van der Waals surface area contributed by atoms with Crippen molar-refractivity contribution in [3.63, 3.8) is 0 Å². The molecule has 0 radical (unpaired) electrons. The first-order valence-corrected chi connectivity index (χ1v) is 5.73. The number of carbonyl (C=O) groups excluding carboxylic acids is 1. The molecule has 1 aromatic rings. The van der Waals surface area contributed by atoms with Gasteiger partial charge in [-0.25, -0.2) is 8.70 Å². The molecular weight excluding hydrogens is 213 g/mol. The van der Waals surface area contributed by atoms with Crippen LogP contribution in [0.15, 0.2) is 29.2 Å². The van der Waals surface area contributed by atoms with Crippen LogP contribution < -0.4 is 0 Å². The number of hydrogen-bond donors (Lipinski definition) is 0. The normalized spacial score (nSPS) is 21.8. The fourth-order valence-electron chi connectivity index (χ4n) is 1.66. The Morgan fingerprint density at radius 2 is 2.27 bits per heavy atom. The molecule has 1 unspecified atom stereocenters. The molecule has 1 aliphatic rings. The van der Waals surface area contributed by atoms with E-state index in [-0.39, 0.29) is 11.9 Å². The number of carbonyl (C=O) groups is 1. The van der Waals surface area contributed by atoms with Crippen LogP contribution in [0.2, 0.25) is 0 Å². The van der Waals surface area contributed by atoms with Crippen molar-refractivity contribution in [2.45, 2.75) is 23.8 Å². The summed E-state index contributed by atoms with van der Waals surface area (Å²) < 4.78 is 15.3. The van der Waals surface area contributed by atoms with E-state index in [9.17, 15) is 9.18 Å². The molecule has 2 nitrogen and oxygen atoms in total. The van der Waals surface area contributed by atoms with E-state index in [2.05, 4.69) is 0 Å². The number of halogens is 1. The summed E-state index contributed by atoms with van der Waals surface area (Å²) >= 11 is 1.34. The predicted octanol–water partition coefficient (Wildman–Crippen LogP) is 2.50. The van der Waals surface area contributed by atoms with Crippen LogP contribution >= 0.6 is 11.9 Å². The van der Waals surface area contributed by atoms with Crippen LogP contribution in [0.25, 0.3) is 0 Å². The van der Waals surface area contributed by atoms with E-state index in [0.717, 1.165) is 25.7 Å². The van der Waals surface area contributed by atoms with Crippen molar-refractivity contribution in [2.75, 3.05) is 6.54 Å². The van der Waals surface area contributed by atoms with Crippen molar-refractivity contribution in [2.24, 2.45) is 0 Å². The van der Waals surface area contributed by atoms with Gasteiger partial charge in [-0.05, 0) is 36.9 Å². The minimum Gasteiger partial charge on any atom is -0.302 e. The highest BCUT2D eigenvalue weighted by Gasteiger charge is 2.25. The minimum absolute atomic E-state index is 0.0605. The molecule has 0 N–H and O–H groups in total. The number of nitrogens with zero attached hydrogens (tertiary/aromatic N) is 1. The van der Waals surface area contributed by atoms with Crippen LogP contribution in [-0.2, 0) is 4.79 Å². The van der Waals surface area contributed by atoms with Gasteiger partial charge in [0.25, 0.3) is 0 Å². The van der Waals surface area contributed by atoms with Gasteiger partial charge in [0.1, 0.15) is 12.1 Å². The van der Waals surface area contributed by atoms with E-state index in [0.29, 0.717) is 4.90 Å². The topological polar surface area (TPSA) is 20.3 Å². The molecule has 0 spiro atoms. The molecule has 4 heteroatoms. The van der Waals surface area contributed by atoms with Crippen molar-refractivity contribution in [1.29, 1.82) is 0 Å². The lowest BCUT2D eigenvalue weighted by Crippen LogP contribution is -2.23. The summed E-state index contributed by atoms with van der Waals surface area (Å²) in [5.41, 5.74) is 0. The Morgan fingerprint density at radius 3 is 3.00 bits per heavy atom. The minimum atomic E-state index is -0.223.